The second kappa shape index (κ2) is 5.11. The molecule has 0 bridgehead atoms. The van der Waals surface area contributed by atoms with Crippen LogP contribution in [0.2, 0.25) is 0 Å². The van der Waals surface area contributed by atoms with Crippen molar-refractivity contribution in [2.45, 2.75) is 18.9 Å². The lowest BCUT2D eigenvalue weighted by atomic mass is 10.1. The van der Waals surface area contributed by atoms with E-state index in [1.54, 1.807) is 0 Å². The van der Waals surface area contributed by atoms with Gasteiger partial charge in [0.15, 0.2) is 0 Å². The molecule has 0 atom stereocenters. The molecule has 0 aromatic rings. The fourth-order valence-corrected chi connectivity index (χ4v) is 2.92. The molecule has 1 heterocycles. The first kappa shape index (κ1) is 12.7. The number of hydrogen-bond donors (Lipinski definition) is 2. The Balaban J connectivity index is 2.40. The first-order chi connectivity index (χ1) is 7.39. The van der Waals surface area contributed by atoms with Crippen LogP contribution in [0.4, 0.5) is 0 Å². The van der Waals surface area contributed by atoms with E-state index >= 15 is 0 Å². The molecular weight excluding hydrogens is 234 g/mol. The number of carboxylic acids is 1. The van der Waals surface area contributed by atoms with Gasteiger partial charge < -0.3 is 10.4 Å². The van der Waals surface area contributed by atoms with Crippen molar-refractivity contribution < 1.29 is 23.1 Å². The number of carboxylic acid groups (broad SMARTS) is 1. The first-order valence-electron chi connectivity index (χ1n) is 4.81. The molecule has 0 radical (unpaired) electrons. The van der Waals surface area contributed by atoms with Crippen LogP contribution in [-0.4, -0.2) is 42.9 Å². The van der Waals surface area contributed by atoms with E-state index in [1.807, 2.05) is 0 Å². The second-order valence-corrected chi connectivity index (χ2v) is 5.91. The van der Waals surface area contributed by atoms with E-state index in [-0.39, 0.29) is 17.5 Å². The predicted octanol–water partition coefficient (Wildman–Crippen LogP) is -0.679. The number of hydrogen-bond acceptors (Lipinski definition) is 4. The van der Waals surface area contributed by atoms with Crippen LogP contribution in [-0.2, 0) is 19.4 Å². The highest BCUT2D eigenvalue weighted by molar-refractivity contribution is 7.91. The number of carbonyl (C=O) groups excluding carboxylic acids is 1. The van der Waals surface area contributed by atoms with Crippen LogP contribution in [0.15, 0.2) is 12.2 Å². The van der Waals surface area contributed by atoms with E-state index in [0.29, 0.717) is 12.8 Å². The second-order valence-electron chi connectivity index (χ2n) is 3.61. The summed E-state index contributed by atoms with van der Waals surface area (Å²) < 4.78 is 22.2. The van der Waals surface area contributed by atoms with Crippen molar-refractivity contribution >= 4 is 21.7 Å². The van der Waals surface area contributed by atoms with E-state index in [0.717, 1.165) is 12.2 Å². The molecule has 0 aromatic carbocycles. The molecule has 1 rings (SSSR count). The summed E-state index contributed by atoms with van der Waals surface area (Å²) in [6, 6.07) is -0.186. The largest absolute Gasteiger partial charge is 0.478 e. The fourth-order valence-electron chi connectivity index (χ4n) is 1.43. The molecule has 6 nitrogen and oxygen atoms in total. The lowest BCUT2D eigenvalue weighted by Crippen LogP contribution is -2.40. The molecule has 0 aliphatic carbocycles. The van der Waals surface area contributed by atoms with Gasteiger partial charge in [-0.3, -0.25) is 4.79 Å². The highest BCUT2D eigenvalue weighted by atomic mass is 32.2. The summed E-state index contributed by atoms with van der Waals surface area (Å²) >= 11 is 0. The number of aliphatic carboxylic acids is 1. The van der Waals surface area contributed by atoms with E-state index < -0.39 is 21.7 Å². The summed E-state index contributed by atoms with van der Waals surface area (Å²) in [7, 11) is -2.94. The van der Waals surface area contributed by atoms with Crippen LogP contribution in [0.5, 0.6) is 0 Å². The van der Waals surface area contributed by atoms with E-state index in [1.165, 1.54) is 0 Å². The number of nitrogens with one attached hydrogen (secondary N) is 1. The number of carbonyl (C=O) groups is 2. The molecule has 1 fully saturated rings. The molecule has 1 amide bonds. The van der Waals surface area contributed by atoms with Gasteiger partial charge in [-0.1, -0.05) is 0 Å². The molecule has 1 aliphatic rings. The van der Waals surface area contributed by atoms with Crippen molar-refractivity contribution in [3.05, 3.63) is 12.2 Å². The molecule has 90 valence electrons. The van der Waals surface area contributed by atoms with Crippen LogP contribution in [0.3, 0.4) is 0 Å². The van der Waals surface area contributed by atoms with E-state index in [2.05, 4.69) is 5.32 Å². The number of rotatable bonds is 3. The molecule has 16 heavy (non-hydrogen) atoms. The molecule has 0 spiro atoms. The zero-order valence-electron chi connectivity index (χ0n) is 8.55. The van der Waals surface area contributed by atoms with Gasteiger partial charge in [-0.05, 0) is 12.8 Å². The molecule has 1 aliphatic heterocycles. The zero-order chi connectivity index (χ0) is 12.2. The molecule has 7 heteroatoms. The minimum absolute atomic E-state index is 0.0700. The topological polar surface area (TPSA) is 101 Å². The van der Waals surface area contributed by atoms with Crippen LogP contribution >= 0.6 is 0 Å². The quantitative estimate of drug-likeness (QED) is 0.643. The Morgan fingerprint density at radius 1 is 1.19 bits per heavy atom. The SMILES string of the molecule is O=C(O)/C=C/C(=O)NC1CCS(=O)(=O)CC1. The highest BCUT2D eigenvalue weighted by Gasteiger charge is 2.23. The minimum Gasteiger partial charge on any atom is -0.478 e. The van der Waals surface area contributed by atoms with Gasteiger partial charge >= 0.3 is 5.97 Å². The smallest absolute Gasteiger partial charge is 0.328 e. The van der Waals surface area contributed by atoms with Crippen molar-refractivity contribution in [3.8, 4) is 0 Å². The molecule has 0 aromatic heterocycles. The summed E-state index contributed by atoms with van der Waals surface area (Å²) in [6.07, 6.45) is 2.43. The Morgan fingerprint density at radius 3 is 2.25 bits per heavy atom. The van der Waals surface area contributed by atoms with Crippen LogP contribution in [0.25, 0.3) is 0 Å². The monoisotopic (exact) mass is 247 g/mol. The predicted molar refractivity (Wildman–Crippen MR) is 56.6 cm³/mol. The van der Waals surface area contributed by atoms with Gasteiger partial charge in [0.2, 0.25) is 5.91 Å². The summed E-state index contributed by atoms with van der Waals surface area (Å²) in [5.74, 6) is -1.56. The molecule has 0 unspecified atom stereocenters. The zero-order valence-corrected chi connectivity index (χ0v) is 9.37. The molecular formula is C9H13NO5S. The first-order valence-corrected chi connectivity index (χ1v) is 6.63. The summed E-state index contributed by atoms with van der Waals surface area (Å²) in [5.41, 5.74) is 0. The summed E-state index contributed by atoms with van der Waals surface area (Å²) in [5, 5.41) is 10.8. The van der Waals surface area contributed by atoms with Gasteiger partial charge in [0.25, 0.3) is 0 Å². The Labute approximate surface area is 93.3 Å². The van der Waals surface area contributed by atoms with Gasteiger partial charge in [0.05, 0.1) is 11.5 Å². The van der Waals surface area contributed by atoms with Crippen molar-refractivity contribution in [3.63, 3.8) is 0 Å². The Morgan fingerprint density at radius 2 is 1.75 bits per heavy atom. The average Bonchev–Trinajstić information content (AvgIpc) is 2.18. The maximum Gasteiger partial charge on any atom is 0.328 e. The minimum atomic E-state index is -2.94. The van der Waals surface area contributed by atoms with E-state index in [9.17, 15) is 18.0 Å². The lowest BCUT2D eigenvalue weighted by Gasteiger charge is -2.22. The molecule has 2 N–H and O–H groups in total. The van der Waals surface area contributed by atoms with Crippen molar-refractivity contribution in [2.24, 2.45) is 0 Å². The number of amides is 1. The summed E-state index contributed by atoms with van der Waals surface area (Å²) in [6.45, 7) is 0. The maximum absolute atomic E-state index is 11.2. The van der Waals surface area contributed by atoms with Crippen LogP contribution in [0, 0.1) is 0 Å². The maximum atomic E-state index is 11.2. The standard InChI is InChI=1S/C9H13NO5S/c11-8(1-2-9(12)13)10-7-3-5-16(14,15)6-4-7/h1-2,7H,3-6H2,(H,10,11)(H,12,13)/b2-1+. The third kappa shape index (κ3) is 4.43. The van der Waals surface area contributed by atoms with Gasteiger partial charge in [0.1, 0.15) is 9.84 Å². The Hall–Kier alpha value is -1.37. The van der Waals surface area contributed by atoms with Crippen molar-refractivity contribution in [2.75, 3.05) is 11.5 Å². The third-order valence-corrected chi connectivity index (χ3v) is 3.99. The van der Waals surface area contributed by atoms with Crippen LogP contribution < -0.4 is 5.32 Å². The molecule has 0 saturated carbocycles. The fraction of sp³-hybridized carbons (Fsp3) is 0.556. The number of sulfone groups is 1. The van der Waals surface area contributed by atoms with Gasteiger partial charge in [0, 0.05) is 18.2 Å². The lowest BCUT2D eigenvalue weighted by molar-refractivity contribution is -0.131. The van der Waals surface area contributed by atoms with Gasteiger partial charge in [-0.2, -0.15) is 0 Å². The van der Waals surface area contributed by atoms with E-state index in [4.69, 9.17) is 5.11 Å². The molecule has 1 saturated heterocycles. The average molecular weight is 247 g/mol. The van der Waals surface area contributed by atoms with Crippen molar-refractivity contribution in [1.82, 2.24) is 5.32 Å². The third-order valence-electron chi connectivity index (χ3n) is 2.28. The highest BCUT2D eigenvalue weighted by Crippen LogP contribution is 2.11. The Kier molecular flexibility index (Phi) is 4.05. The normalized spacial score (nSPS) is 20.8. The van der Waals surface area contributed by atoms with Gasteiger partial charge in [-0.25, -0.2) is 13.2 Å². The van der Waals surface area contributed by atoms with Crippen molar-refractivity contribution in [1.29, 1.82) is 0 Å². The summed E-state index contributed by atoms with van der Waals surface area (Å²) in [4.78, 5) is 21.3. The Bertz CT molecular complexity index is 398. The van der Waals surface area contributed by atoms with Gasteiger partial charge in [-0.15, -0.1) is 0 Å². The van der Waals surface area contributed by atoms with Crippen LogP contribution in [0.1, 0.15) is 12.8 Å².